The van der Waals surface area contributed by atoms with Crippen molar-refractivity contribution in [2.24, 2.45) is 0 Å². The summed E-state index contributed by atoms with van der Waals surface area (Å²) in [6, 6.07) is 0. The third kappa shape index (κ3) is 52.2. The standard InChI is InChI=1S/C59H106O6/c1-4-7-10-13-16-19-21-23-25-27-29-31-33-35-37-40-43-46-49-52-58(61)64-55-56(54-63-57(60)51-48-45-42-39-18-15-12-9-6-3)65-59(62)53-50-47-44-41-38-36-34-32-30-28-26-24-22-20-17-14-11-8-5-2/h16,19,23,25,29,31,35,37,56H,4-15,17-18,20-22,24,26-28,30,32-34,36,38-55H2,1-3H3/b19-16-,25-23-,31-29-,37-35-/t56-/m1/s1. The summed E-state index contributed by atoms with van der Waals surface area (Å²) in [6.07, 6.45) is 65.3. The molecule has 378 valence electrons. The third-order valence-electron chi connectivity index (χ3n) is 12.3. The quantitative estimate of drug-likeness (QED) is 0.0262. The van der Waals surface area contributed by atoms with Crippen LogP contribution in [0.2, 0.25) is 0 Å². The van der Waals surface area contributed by atoms with E-state index in [4.69, 9.17) is 14.2 Å². The second-order valence-electron chi connectivity index (χ2n) is 18.9. The van der Waals surface area contributed by atoms with Crippen molar-refractivity contribution in [2.75, 3.05) is 13.2 Å². The first-order valence-electron chi connectivity index (χ1n) is 28.1. The molecule has 0 aromatic heterocycles. The topological polar surface area (TPSA) is 78.9 Å². The summed E-state index contributed by atoms with van der Waals surface area (Å²) in [4.78, 5) is 38.0. The van der Waals surface area contributed by atoms with Crippen molar-refractivity contribution < 1.29 is 28.6 Å². The summed E-state index contributed by atoms with van der Waals surface area (Å²) >= 11 is 0. The van der Waals surface area contributed by atoms with E-state index in [0.29, 0.717) is 19.3 Å². The largest absolute Gasteiger partial charge is 0.462 e. The summed E-state index contributed by atoms with van der Waals surface area (Å²) in [7, 11) is 0. The average molecular weight is 911 g/mol. The first-order chi connectivity index (χ1) is 32.0. The van der Waals surface area contributed by atoms with Crippen molar-refractivity contribution in [3.63, 3.8) is 0 Å². The number of ether oxygens (including phenoxy) is 3. The van der Waals surface area contributed by atoms with Crippen molar-refractivity contribution in [1.82, 2.24) is 0 Å². The monoisotopic (exact) mass is 911 g/mol. The highest BCUT2D eigenvalue weighted by molar-refractivity contribution is 5.71. The molecule has 0 aliphatic heterocycles. The Bertz CT molecular complexity index is 1140. The molecule has 0 N–H and O–H groups in total. The lowest BCUT2D eigenvalue weighted by Gasteiger charge is -2.18. The van der Waals surface area contributed by atoms with Crippen LogP contribution in [-0.2, 0) is 28.6 Å². The number of unbranched alkanes of at least 4 members (excludes halogenated alkanes) is 32. The van der Waals surface area contributed by atoms with Crippen LogP contribution in [0.3, 0.4) is 0 Å². The Morgan fingerprint density at radius 1 is 0.308 bits per heavy atom. The van der Waals surface area contributed by atoms with Gasteiger partial charge in [0.1, 0.15) is 13.2 Å². The zero-order valence-electron chi connectivity index (χ0n) is 43.3. The van der Waals surface area contributed by atoms with Gasteiger partial charge in [0.15, 0.2) is 6.10 Å². The zero-order valence-corrected chi connectivity index (χ0v) is 43.3. The second-order valence-corrected chi connectivity index (χ2v) is 18.9. The molecule has 0 heterocycles. The number of hydrogen-bond donors (Lipinski definition) is 0. The smallest absolute Gasteiger partial charge is 0.306 e. The van der Waals surface area contributed by atoms with Gasteiger partial charge in [0.2, 0.25) is 0 Å². The lowest BCUT2D eigenvalue weighted by atomic mass is 10.0. The minimum atomic E-state index is -0.781. The van der Waals surface area contributed by atoms with Crippen molar-refractivity contribution >= 4 is 17.9 Å². The molecule has 0 aliphatic rings. The van der Waals surface area contributed by atoms with Gasteiger partial charge in [-0.25, -0.2) is 0 Å². The van der Waals surface area contributed by atoms with Crippen LogP contribution in [0.4, 0.5) is 0 Å². The van der Waals surface area contributed by atoms with Gasteiger partial charge in [0.25, 0.3) is 0 Å². The van der Waals surface area contributed by atoms with Gasteiger partial charge in [-0.15, -0.1) is 0 Å². The number of rotatable bonds is 51. The maximum Gasteiger partial charge on any atom is 0.306 e. The van der Waals surface area contributed by atoms with E-state index in [-0.39, 0.29) is 31.1 Å². The molecule has 0 rings (SSSR count). The summed E-state index contributed by atoms with van der Waals surface area (Å²) < 4.78 is 16.8. The third-order valence-corrected chi connectivity index (χ3v) is 12.3. The van der Waals surface area contributed by atoms with Gasteiger partial charge in [-0.05, 0) is 64.2 Å². The Hall–Kier alpha value is -2.63. The lowest BCUT2D eigenvalue weighted by Crippen LogP contribution is -2.30. The number of allylic oxidation sites excluding steroid dienone is 8. The summed E-state index contributed by atoms with van der Waals surface area (Å²) in [5.41, 5.74) is 0. The Morgan fingerprint density at radius 3 is 0.892 bits per heavy atom. The Kier molecular flexibility index (Phi) is 51.8. The van der Waals surface area contributed by atoms with E-state index in [9.17, 15) is 14.4 Å². The van der Waals surface area contributed by atoms with E-state index in [0.717, 1.165) is 83.5 Å². The number of carbonyl (C=O) groups is 3. The molecule has 0 bridgehead atoms. The van der Waals surface area contributed by atoms with Gasteiger partial charge in [0, 0.05) is 19.3 Å². The van der Waals surface area contributed by atoms with E-state index < -0.39 is 6.10 Å². The summed E-state index contributed by atoms with van der Waals surface area (Å²) in [5.74, 6) is -0.901. The van der Waals surface area contributed by atoms with Crippen LogP contribution in [0.5, 0.6) is 0 Å². The molecule has 0 radical (unpaired) electrons. The van der Waals surface area contributed by atoms with E-state index in [1.807, 2.05) is 0 Å². The predicted octanol–water partition coefficient (Wildman–Crippen LogP) is 18.7. The number of hydrogen-bond acceptors (Lipinski definition) is 6. The molecule has 0 fully saturated rings. The van der Waals surface area contributed by atoms with Crippen LogP contribution in [0.1, 0.15) is 290 Å². The van der Waals surface area contributed by atoms with Crippen molar-refractivity contribution in [3.05, 3.63) is 48.6 Å². The zero-order chi connectivity index (χ0) is 47.2. The molecule has 0 aromatic rings. The molecule has 0 amide bonds. The number of esters is 3. The SMILES string of the molecule is CCCCC/C=C\C/C=C\C/C=C\C/C=C\CCCCCC(=O)OC[C@@H](COC(=O)CCCCCCCCCCC)OC(=O)CCCCCCCCCCCCCCCCCCCCC. The fourth-order valence-electron chi connectivity index (χ4n) is 8.07. The van der Waals surface area contributed by atoms with Gasteiger partial charge in [-0.3, -0.25) is 14.4 Å². The minimum absolute atomic E-state index is 0.0798. The molecule has 0 aliphatic carbocycles. The fraction of sp³-hybridized carbons (Fsp3) is 0.814. The molecule has 0 aromatic carbocycles. The Balaban J connectivity index is 4.32. The molecule has 0 spiro atoms. The van der Waals surface area contributed by atoms with E-state index in [2.05, 4.69) is 69.4 Å². The van der Waals surface area contributed by atoms with Gasteiger partial charge in [-0.2, -0.15) is 0 Å². The first kappa shape index (κ1) is 62.4. The van der Waals surface area contributed by atoms with Crippen LogP contribution in [0.25, 0.3) is 0 Å². The molecular weight excluding hydrogens is 805 g/mol. The summed E-state index contributed by atoms with van der Waals surface area (Å²) in [6.45, 7) is 6.60. The average Bonchev–Trinajstić information content (AvgIpc) is 3.30. The first-order valence-corrected chi connectivity index (χ1v) is 28.1. The Labute approximate surface area is 403 Å². The lowest BCUT2D eigenvalue weighted by molar-refractivity contribution is -0.167. The van der Waals surface area contributed by atoms with Gasteiger partial charge in [0.05, 0.1) is 0 Å². The van der Waals surface area contributed by atoms with Gasteiger partial charge < -0.3 is 14.2 Å². The molecule has 0 unspecified atom stereocenters. The second kappa shape index (κ2) is 54.0. The fourth-order valence-corrected chi connectivity index (χ4v) is 8.07. The molecule has 6 nitrogen and oxygen atoms in total. The highest BCUT2D eigenvalue weighted by atomic mass is 16.6. The normalized spacial score (nSPS) is 12.4. The van der Waals surface area contributed by atoms with E-state index >= 15 is 0 Å². The van der Waals surface area contributed by atoms with Crippen LogP contribution < -0.4 is 0 Å². The molecule has 65 heavy (non-hydrogen) atoms. The molecule has 6 heteroatoms. The molecule has 0 saturated heterocycles. The van der Waals surface area contributed by atoms with Crippen LogP contribution >= 0.6 is 0 Å². The van der Waals surface area contributed by atoms with E-state index in [1.54, 1.807) is 0 Å². The Morgan fingerprint density at radius 2 is 0.554 bits per heavy atom. The van der Waals surface area contributed by atoms with E-state index in [1.165, 1.54) is 167 Å². The highest BCUT2D eigenvalue weighted by Gasteiger charge is 2.19. The molecule has 0 saturated carbocycles. The summed E-state index contributed by atoms with van der Waals surface area (Å²) in [5, 5.41) is 0. The maximum absolute atomic E-state index is 12.8. The molecule has 1 atom stereocenters. The predicted molar refractivity (Wildman–Crippen MR) is 279 cm³/mol. The van der Waals surface area contributed by atoms with Crippen molar-refractivity contribution in [1.29, 1.82) is 0 Å². The maximum atomic E-state index is 12.8. The molecular formula is C59H106O6. The minimum Gasteiger partial charge on any atom is -0.462 e. The highest BCUT2D eigenvalue weighted by Crippen LogP contribution is 2.16. The van der Waals surface area contributed by atoms with Gasteiger partial charge in [-0.1, -0.05) is 256 Å². The van der Waals surface area contributed by atoms with Crippen LogP contribution in [0.15, 0.2) is 48.6 Å². The van der Waals surface area contributed by atoms with Crippen molar-refractivity contribution in [2.45, 2.75) is 297 Å². The van der Waals surface area contributed by atoms with Crippen LogP contribution in [-0.4, -0.2) is 37.2 Å². The van der Waals surface area contributed by atoms with Crippen molar-refractivity contribution in [3.8, 4) is 0 Å². The van der Waals surface area contributed by atoms with Crippen LogP contribution in [0, 0.1) is 0 Å². The van der Waals surface area contributed by atoms with Gasteiger partial charge >= 0.3 is 17.9 Å². The number of carbonyl (C=O) groups excluding carboxylic acids is 3.